The topological polar surface area (TPSA) is 93.2 Å². The van der Waals surface area contributed by atoms with Gasteiger partial charge in [0.25, 0.3) is 5.91 Å². The van der Waals surface area contributed by atoms with Gasteiger partial charge in [0.2, 0.25) is 0 Å². The van der Waals surface area contributed by atoms with E-state index in [0.29, 0.717) is 23.2 Å². The van der Waals surface area contributed by atoms with Gasteiger partial charge >= 0.3 is 6.01 Å². The molecule has 0 atom stereocenters. The van der Waals surface area contributed by atoms with E-state index in [0.717, 1.165) is 38.8 Å². The number of carbonyl (C=O) groups excluding carboxylic acids is 1. The van der Waals surface area contributed by atoms with Gasteiger partial charge in [-0.05, 0) is 50.8 Å². The molecule has 0 N–H and O–H groups in total. The maximum Gasteiger partial charge on any atom is 0.324 e. The predicted molar refractivity (Wildman–Crippen MR) is 119 cm³/mol. The van der Waals surface area contributed by atoms with E-state index in [9.17, 15) is 9.18 Å². The Balaban J connectivity index is 1.30. The Labute approximate surface area is 191 Å². The number of piperidine rings is 1. The number of hydrogen-bond donors (Lipinski definition) is 0. The van der Waals surface area contributed by atoms with Crippen LogP contribution in [0.1, 0.15) is 67.5 Å². The molecule has 2 fully saturated rings. The molecule has 1 saturated heterocycles. The van der Waals surface area contributed by atoms with E-state index >= 15 is 0 Å². The van der Waals surface area contributed by atoms with Crippen molar-refractivity contribution in [2.75, 3.05) is 18.0 Å². The van der Waals surface area contributed by atoms with Crippen molar-refractivity contribution < 1.29 is 13.7 Å². The van der Waals surface area contributed by atoms with E-state index in [1.807, 2.05) is 18.7 Å². The number of benzene rings is 1. The van der Waals surface area contributed by atoms with Gasteiger partial charge in [-0.15, -0.1) is 0 Å². The second-order valence-corrected chi connectivity index (χ2v) is 9.14. The fourth-order valence-electron chi connectivity index (χ4n) is 4.40. The molecule has 9 nitrogen and oxygen atoms in total. The van der Waals surface area contributed by atoms with Gasteiger partial charge in [-0.1, -0.05) is 19.0 Å². The molecule has 10 heteroatoms. The largest absolute Gasteiger partial charge is 0.333 e. The molecule has 174 valence electrons. The highest BCUT2D eigenvalue weighted by molar-refractivity contribution is 5.95. The van der Waals surface area contributed by atoms with Gasteiger partial charge in [0, 0.05) is 36.7 Å². The van der Waals surface area contributed by atoms with E-state index < -0.39 is 5.82 Å². The first-order chi connectivity index (χ1) is 15.9. The normalized spacial score (nSPS) is 17.1. The molecule has 0 radical (unpaired) electrons. The molecular weight excluding hydrogens is 425 g/mol. The van der Waals surface area contributed by atoms with Crippen LogP contribution >= 0.6 is 0 Å². The fourth-order valence-corrected chi connectivity index (χ4v) is 4.40. The van der Waals surface area contributed by atoms with E-state index in [2.05, 4.69) is 25.1 Å². The highest BCUT2D eigenvalue weighted by Crippen LogP contribution is 2.34. The Morgan fingerprint density at radius 2 is 1.91 bits per heavy atom. The molecule has 1 amide bonds. The van der Waals surface area contributed by atoms with E-state index in [4.69, 9.17) is 4.52 Å². The lowest BCUT2D eigenvalue weighted by Gasteiger charge is -2.38. The molecule has 1 saturated carbocycles. The standard InChI is InChI=1S/C23H28FN7O2/c1-14(2)21-27-23(33-28-21)29-10-8-18(9-11-29)30(17-5-6-17)22(32)16-4-7-20(19(24)12-16)31-15(3)25-13-26-31/h4,7,12-14,17-18H,5-6,8-11H2,1-3H3. The number of rotatable bonds is 6. The van der Waals surface area contributed by atoms with E-state index in [1.165, 1.54) is 17.1 Å². The number of halogens is 1. The minimum Gasteiger partial charge on any atom is -0.333 e. The second kappa shape index (κ2) is 8.57. The van der Waals surface area contributed by atoms with Crippen LogP contribution in [0.2, 0.25) is 0 Å². The van der Waals surface area contributed by atoms with Crippen molar-refractivity contribution in [1.82, 2.24) is 29.8 Å². The summed E-state index contributed by atoms with van der Waals surface area (Å²) in [7, 11) is 0. The van der Waals surface area contributed by atoms with Crippen LogP contribution in [0.5, 0.6) is 0 Å². The van der Waals surface area contributed by atoms with Gasteiger partial charge in [-0.25, -0.2) is 14.1 Å². The van der Waals surface area contributed by atoms with Crippen molar-refractivity contribution in [3.05, 3.63) is 47.6 Å². The molecule has 1 aromatic carbocycles. The number of nitrogens with zero attached hydrogens (tertiary/aromatic N) is 7. The van der Waals surface area contributed by atoms with Crippen molar-refractivity contribution in [3.63, 3.8) is 0 Å². The van der Waals surface area contributed by atoms with Crippen LogP contribution in [0, 0.1) is 12.7 Å². The molecule has 0 spiro atoms. The quantitative estimate of drug-likeness (QED) is 0.564. The summed E-state index contributed by atoms with van der Waals surface area (Å²) in [6, 6.07) is 5.47. The van der Waals surface area contributed by atoms with Gasteiger partial charge in [0.05, 0.1) is 0 Å². The first-order valence-electron chi connectivity index (χ1n) is 11.5. The monoisotopic (exact) mass is 453 g/mol. The van der Waals surface area contributed by atoms with Crippen LogP contribution < -0.4 is 4.90 Å². The summed E-state index contributed by atoms with van der Waals surface area (Å²) in [6.07, 6.45) is 4.98. The number of hydrogen-bond acceptors (Lipinski definition) is 7. The summed E-state index contributed by atoms with van der Waals surface area (Å²) in [5.41, 5.74) is 0.648. The van der Waals surface area contributed by atoms with Crippen molar-refractivity contribution >= 4 is 11.9 Å². The average molecular weight is 454 g/mol. The number of amides is 1. The second-order valence-electron chi connectivity index (χ2n) is 9.14. The highest BCUT2D eigenvalue weighted by Gasteiger charge is 2.39. The summed E-state index contributed by atoms with van der Waals surface area (Å²) in [6.45, 7) is 7.29. The molecule has 33 heavy (non-hydrogen) atoms. The Morgan fingerprint density at radius 3 is 2.48 bits per heavy atom. The van der Waals surface area contributed by atoms with Crippen LogP contribution in [0.4, 0.5) is 10.4 Å². The zero-order chi connectivity index (χ0) is 23.1. The Hall–Kier alpha value is -3.30. The Kier molecular flexibility index (Phi) is 5.59. The van der Waals surface area contributed by atoms with Gasteiger partial charge in [0.1, 0.15) is 23.7 Å². The molecule has 0 unspecified atom stereocenters. The number of anilines is 1. The smallest absolute Gasteiger partial charge is 0.324 e. The van der Waals surface area contributed by atoms with Crippen LogP contribution in [0.3, 0.4) is 0 Å². The summed E-state index contributed by atoms with van der Waals surface area (Å²) in [5.74, 6) is 0.895. The first kappa shape index (κ1) is 21.5. The molecule has 1 aliphatic carbocycles. The van der Waals surface area contributed by atoms with Crippen LogP contribution in [-0.4, -0.2) is 60.9 Å². The van der Waals surface area contributed by atoms with Gasteiger partial charge in [-0.3, -0.25) is 4.79 Å². The third-order valence-corrected chi connectivity index (χ3v) is 6.39. The molecule has 1 aliphatic heterocycles. The third-order valence-electron chi connectivity index (χ3n) is 6.39. The molecular formula is C23H28FN7O2. The first-order valence-corrected chi connectivity index (χ1v) is 11.5. The maximum atomic E-state index is 14.9. The van der Waals surface area contributed by atoms with Crippen LogP contribution in [-0.2, 0) is 0 Å². The lowest BCUT2D eigenvalue weighted by atomic mass is 10.0. The van der Waals surface area contributed by atoms with Crippen molar-refractivity contribution in [3.8, 4) is 5.69 Å². The summed E-state index contributed by atoms with van der Waals surface area (Å²) in [4.78, 5) is 26.0. The molecule has 5 rings (SSSR count). The number of carbonyl (C=O) groups is 1. The van der Waals surface area contributed by atoms with Crippen molar-refractivity contribution in [2.24, 2.45) is 0 Å². The van der Waals surface area contributed by atoms with Gasteiger partial charge in [-0.2, -0.15) is 10.1 Å². The predicted octanol–water partition coefficient (Wildman–Crippen LogP) is 3.49. The molecule has 2 aliphatic rings. The van der Waals surface area contributed by atoms with Crippen molar-refractivity contribution in [1.29, 1.82) is 0 Å². The Morgan fingerprint density at radius 1 is 1.18 bits per heavy atom. The average Bonchev–Trinajstić information content (AvgIpc) is 3.33. The number of aryl methyl sites for hydroxylation is 1. The molecule has 2 aromatic heterocycles. The summed E-state index contributed by atoms with van der Waals surface area (Å²) in [5, 5.41) is 8.11. The summed E-state index contributed by atoms with van der Waals surface area (Å²) < 4.78 is 21.7. The lowest BCUT2D eigenvalue weighted by molar-refractivity contribution is 0.0629. The summed E-state index contributed by atoms with van der Waals surface area (Å²) >= 11 is 0. The number of aromatic nitrogens is 5. The SMILES string of the molecule is Cc1ncnn1-c1ccc(C(=O)N(C2CC2)C2CCN(c3nc(C(C)C)no3)CC2)cc1F. The zero-order valence-electron chi connectivity index (χ0n) is 19.1. The zero-order valence-corrected chi connectivity index (χ0v) is 19.1. The maximum absolute atomic E-state index is 14.9. The minimum absolute atomic E-state index is 0.106. The molecule has 0 bridgehead atoms. The van der Waals surface area contributed by atoms with E-state index in [1.54, 1.807) is 19.1 Å². The minimum atomic E-state index is -0.489. The van der Waals surface area contributed by atoms with Gasteiger partial charge < -0.3 is 14.3 Å². The van der Waals surface area contributed by atoms with E-state index in [-0.39, 0.29) is 29.6 Å². The molecule has 3 aromatic rings. The third kappa shape index (κ3) is 4.21. The van der Waals surface area contributed by atoms with Gasteiger partial charge in [0.15, 0.2) is 5.82 Å². The molecule has 3 heterocycles. The van der Waals surface area contributed by atoms with Crippen LogP contribution in [0.15, 0.2) is 29.0 Å². The lowest BCUT2D eigenvalue weighted by Crippen LogP contribution is -2.48. The van der Waals surface area contributed by atoms with Crippen molar-refractivity contribution in [2.45, 2.75) is 64.5 Å². The Bertz CT molecular complexity index is 1150. The highest BCUT2D eigenvalue weighted by atomic mass is 19.1. The fraction of sp³-hybridized carbons (Fsp3) is 0.522. The van der Waals surface area contributed by atoms with Crippen LogP contribution in [0.25, 0.3) is 5.69 Å².